The summed E-state index contributed by atoms with van der Waals surface area (Å²) in [5.41, 5.74) is -0.0839. The zero-order chi connectivity index (χ0) is 13.2. The van der Waals surface area contributed by atoms with E-state index in [2.05, 4.69) is 25.8 Å². The van der Waals surface area contributed by atoms with Crippen LogP contribution in [0.4, 0.5) is 0 Å². The molecule has 1 heterocycles. The third-order valence-corrected chi connectivity index (χ3v) is 4.51. The number of rotatable bonds is 4. The molecule has 18 heavy (non-hydrogen) atoms. The van der Waals surface area contributed by atoms with Crippen LogP contribution >= 0.6 is 0 Å². The van der Waals surface area contributed by atoms with Crippen molar-refractivity contribution in [3.63, 3.8) is 0 Å². The number of ether oxygens (including phenoxy) is 1. The summed E-state index contributed by atoms with van der Waals surface area (Å²) in [5, 5.41) is 0. The van der Waals surface area contributed by atoms with Gasteiger partial charge in [0.15, 0.2) is 0 Å². The Kier molecular flexibility index (Phi) is 4.44. The summed E-state index contributed by atoms with van der Waals surface area (Å²) in [7, 11) is 2.15. The summed E-state index contributed by atoms with van der Waals surface area (Å²) in [6, 6.07) is 0. The highest BCUT2D eigenvalue weighted by molar-refractivity contribution is 5.88. The number of ketones is 1. The number of hydrogen-bond acceptors (Lipinski definition) is 3. The average molecular weight is 253 g/mol. The van der Waals surface area contributed by atoms with Gasteiger partial charge >= 0.3 is 0 Å². The molecule has 2 unspecified atom stereocenters. The fraction of sp³-hybridized carbons (Fsp3) is 0.933. The molecule has 2 aliphatic rings. The van der Waals surface area contributed by atoms with Crippen molar-refractivity contribution in [3.8, 4) is 0 Å². The molecule has 0 radical (unpaired) electrons. The van der Waals surface area contributed by atoms with Crippen LogP contribution < -0.4 is 0 Å². The Morgan fingerprint density at radius 1 is 1.33 bits per heavy atom. The lowest BCUT2D eigenvalue weighted by Gasteiger charge is -2.28. The van der Waals surface area contributed by atoms with Crippen LogP contribution in [0.25, 0.3) is 0 Å². The summed E-state index contributed by atoms with van der Waals surface area (Å²) in [6.07, 6.45) is 4.58. The molecule has 2 atom stereocenters. The van der Waals surface area contributed by atoms with Crippen LogP contribution in [-0.4, -0.2) is 44.0 Å². The van der Waals surface area contributed by atoms with Gasteiger partial charge in [0, 0.05) is 31.0 Å². The molecule has 0 aromatic heterocycles. The van der Waals surface area contributed by atoms with Gasteiger partial charge in [-0.15, -0.1) is 0 Å². The van der Waals surface area contributed by atoms with E-state index in [4.69, 9.17) is 4.74 Å². The molecule has 104 valence electrons. The first-order valence-corrected chi connectivity index (χ1v) is 7.29. The van der Waals surface area contributed by atoms with Crippen molar-refractivity contribution in [2.75, 3.05) is 33.4 Å². The monoisotopic (exact) mass is 253 g/mol. The summed E-state index contributed by atoms with van der Waals surface area (Å²) in [4.78, 5) is 14.5. The van der Waals surface area contributed by atoms with Crippen molar-refractivity contribution in [2.45, 2.75) is 39.5 Å². The van der Waals surface area contributed by atoms with Gasteiger partial charge in [-0.2, -0.15) is 0 Å². The third kappa shape index (κ3) is 3.33. The second kappa shape index (κ2) is 5.70. The summed E-state index contributed by atoms with van der Waals surface area (Å²) in [6.45, 7) is 8.00. The van der Waals surface area contributed by atoms with Crippen LogP contribution in [-0.2, 0) is 9.53 Å². The topological polar surface area (TPSA) is 29.5 Å². The first-order valence-electron chi connectivity index (χ1n) is 7.29. The zero-order valence-corrected chi connectivity index (χ0v) is 12.1. The minimum Gasteiger partial charge on any atom is -0.381 e. The highest BCUT2D eigenvalue weighted by Gasteiger charge is 2.40. The van der Waals surface area contributed by atoms with Gasteiger partial charge in [-0.05, 0) is 38.6 Å². The predicted molar refractivity (Wildman–Crippen MR) is 72.6 cm³/mol. The maximum absolute atomic E-state index is 12.2. The van der Waals surface area contributed by atoms with Crippen molar-refractivity contribution < 1.29 is 9.53 Å². The van der Waals surface area contributed by atoms with E-state index >= 15 is 0 Å². The third-order valence-electron chi connectivity index (χ3n) is 4.51. The van der Waals surface area contributed by atoms with Gasteiger partial charge in [-0.1, -0.05) is 13.8 Å². The van der Waals surface area contributed by atoms with Gasteiger partial charge in [0.2, 0.25) is 0 Å². The predicted octanol–water partition coefficient (Wildman–Crippen LogP) is 2.35. The lowest BCUT2D eigenvalue weighted by Crippen LogP contribution is -2.36. The second-order valence-electron chi connectivity index (χ2n) is 6.79. The summed E-state index contributed by atoms with van der Waals surface area (Å²) in [5.74, 6) is 1.39. The Morgan fingerprint density at radius 2 is 2.11 bits per heavy atom. The SMILES string of the molecule is CN(CC1CCCOC1)CC1CCC(C)(C)C1=O. The van der Waals surface area contributed by atoms with E-state index in [1.807, 2.05) is 0 Å². The van der Waals surface area contributed by atoms with E-state index in [-0.39, 0.29) is 11.3 Å². The van der Waals surface area contributed by atoms with Crippen molar-refractivity contribution in [1.82, 2.24) is 4.90 Å². The lowest BCUT2D eigenvalue weighted by atomic mass is 9.89. The van der Waals surface area contributed by atoms with E-state index in [0.717, 1.165) is 39.1 Å². The summed E-state index contributed by atoms with van der Waals surface area (Å²) < 4.78 is 5.51. The summed E-state index contributed by atoms with van der Waals surface area (Å²) >= 11 is 0. The van der Waals surface area contributed by atoms with E-state index in [1.165, 1.54) is 12.8 Å². The molecule has 0 bridgehead atoms. The zero-order valence-electron chi connectivity index (χ0n) is 12.1. The van der Waals surface area contributed by atoms with Crippen molar-refractivity contribution in [3.05, 3.63) is 0 Å². The second-order valence-corrected chi connectivity index (χ2v) is 6.79. The molecule has 1 aliphatic carbocycles. The molecule has 0 amide bonds. The molecule has 1 saturated heterocycles. The van der Waals surface area contributed by atoms with Crippen LogP contribution in [0.5, 0.6) is 0 Å². The van der Waals surface area contributed by atoms with Gasteiger partial charge in [0.25, 0.3) is 0 Å². The Bertz CT molecular complexity index is 295. The molecule has 0 aromatic carbocycles. The van der Waals surface area contributed by atoms with Crippen LogP contribution in [0.2, 0.25) is 0 Å². The Morgan fingerprint density at radius 3 is 2.67 bits per heavy atom. The number of carbonyl (C=O) groups is 1. The maximum atomic E-state index is 12.2. The highest BCUT2D eigenvalue weighted by Crippen LogP contribution is 2.37. The maximum Gasteiger partial charge on any atom is 0.142 e. The number of Topliss-reactive ketones (excluding diaryl/α,β-unsaturated/α-hetero) is 1. The van der Waals surface area contributed by atoms with Crippen LogP contribution in [0.1, 0.15) is 39.5 Å². The molecular formula is C15H27NO2. The van der Waals surface area contributed by atoms with Crippen molar-refractivity contribution in [2.24, 2.45) is 17.3 Å². The Balaban J connectivity index is 1.77. The minimum absolute atomic E-state index is 0.0839. The van der Waals surface area contributed by atoms with Crippen LogP contribution in [0.3, 0.4) is 0 Å². The van der Waals surface area contributed by atoms with Gasteiger partial charge in [-0.3, -0.25) is 4.79 Å². The largest absolute Gasteiger partial charge is 0.381 e. The average Bonchev–Trinajstić information content (AvgIpc) is 2.57. The number of hydrogen-bond donors (Lipinski definition) is 0. The molecular weight excluding hydrogens is 226 g/mol. The fourth-order valence-corrected chi connectivity index (χ4v) is 3.36. The fourth-order valence-electron chi connectivity index (χ4n) is 3.36. The van der Waals surface area contributed by atoms with Gasteiger partial charge < -0.3 is 9.64 Å². The molecule has 0 aromatic rings. The van der Waals surface area contributed by atoms with Gasteiger partial charge in [0.1, 0.15) is 5.78 Å². The lowest BCUT2D eigenvalue weighted by molar-refractivity contribution is -0.127. The van der Waals surface area contributed by atoms with Crippen molar-refractivity contribution in [1.29, 1.82) is 0 Å². The first-order chi connectivity index (χ1) is 8.49. The molecule has 0 N–H and O–H groups in total. The quantitative estimate of drug-likeness (QED) is 0.770. The van der Waals surface area contributed by atoms with E-state index in [1.54, 1.807) is 0 Å². The smallest absolute Gasteiger partial charge is 0.142 e. The highest BCUT2D eigenvalue weighted by atomic mass is 16.5. The van der Waals surface area contributed by atoms with E-state index in [0.29, 0.717) is 11.7 Å². The van der Waals surface area contributed by atoms with Crippen molar-refractivity contribution >= 4 is 5.78 Å². The van der Waals surface area contributed by atoms with Gasteiger partial charge in [0.05, 0.1) is 6.61 Å². The molecule has 3 nitrogen and oxygen atoms in total. The molecule has 3 heteroatoms. The number of carbonyl (C=O) groups excluding carboxylic acids is 1. The molecule has 2 rings (SSSR count). The minimum atomic E-state index is -0.0839. The van der Waals surface area contributed by atoms with Crippen LogP contribution in [0.15, 0.2) is 0 Å². The molecule has 2 fully saturated rings. The Labute approximate surface area is 111 Å². The van der Waals surface area contributed by atoms with Crippen LogP contribution in [0, 0.1) is 17.3 Å². The van der Waals surface area contributed by atoms with Gasteiger partial charge in [-0.25, -0.2) is 0 Å². The first kappa shape index (κ1) is 14.0. The number of nitrogens with zero attached hydrogens (tertiary/aromatic N) is 1. The normalized spacial score (nSPS) is 32.1. The molecule has 1 saturated carbocycles. The molecule has 1 aliphatic heterocycles. The van der Waals surface area contributed by atoms with E-state index < -0.39 is 0 Å². The van der Waals surface area contributed by atoms with E-state index in [9.17, 15) is 4.79 Å². The molecule has 0 spiro atoms. The Hall–Kier alpha value is -0.410. The standard InChI is InChI=1S/C15H27NO2/c1-15(2)7-6-13(14(15)17)10-16(3)9-12-5-4-8-18-11-12/h12-13H,4-11H2,1-3H3.